The Morgan fingerprint density at radius 2 is 1.66 bits per heavy atom. The van der Waals surface area contributed by atoms with E-state index in [4.69, 9.17) is 0 Å². The van der Waals surface area contributed by atoms with Gasteiger partial charge in [0.1, 0.15) is 11.4 Å². The maximum Gasteiger partial charge on any atom is 0.290 e. The van der Waals surface area contributed by atoms with Crippen LogP contribution >= 0.6 is 15.9 Å². The van der Waals surface area contributed by atoms with Gasteiger partial charge in [-0.25, -0.2) is 4.68 Å². The number of hydrogen-bond donors (Lipinski definition) is 3. The first-order valence-corrected chi connectivity index (χ1v) is 10.7. The van der Waals surface area contributed by atoms with Gasteiger partial charge in [-0.1, -0.05) is 55.5 Å². The van der Waals surface area contributed by atoms with Crippen LogP contribution in [0.15, 0.2) is 63.9 Å². The van der Waals surface area contributed by atoms with E-state index >= 15 is 0 Å². The van der Waals surface area contributed by atoms with Crippen LogP contribution in [0.4, 0.5) is 0 Å². The highest BCUT2D eigenvalue weighted by Crippen LogP contribution is 2.28. The number of hydrazine groups is 1. The third-order valence-corrected chi connectivity index (χ3v) is 5.56. The molecule has 2 amide bonds. The Bertz CT molecular complexity index is 1360. The molecule has 10 heteroatoms. The molecule has 2 heterocycles. The first kappa shape index (κ1) is 21.4. The second-order valence-electron chi connectivity index (χ2n) is 6.96. The van der Waals surface area contributed by atoms with E-state index in [0.717, 1.165) is 5.56 Å². The van der Waals surface area contributed by atoms with E-state index < -0.39 is 11.8 Å². The highest BCUT2D eigenvalue weighted by atomic mass is 79.9. The zero-order valence-corrected chi connectivity index (χ0v) is 18.6. The normalized spacial score (nSPS) is 10.8. The number of nitrogens with one attached hydrogen (secondary N) is 3. The number of carbonyl (C=O) groups is 2. The zero-order chi connectivity index (χ0) is 22.7. The van der Waals surface area contributed by atoms with Crippen LogP contribution in [0.3, 0.4) is 0 Å². The maximum absolute atomic E-state index is 12.8. The van der Waals surface area contributed by atoms with E-state index in [1.54, 1.807) is 24.3 Å². The number of carbonyl (C=O) groups excluding carboxylic acids is 2. The molecule has 0 fully saturated rings. The number of benzene rings is 2. The summed E-state index contributed by atoms with van der Waals surface area (Å²) in [5.74, 6) is -1.23. The lowest BCUT2D eigenvalue weighted by Gasteiger charge is -2.11. The number of amides is 2. The molecule has 0 saturated carbocycles. The summed E-state index contributed by atoms with van der Waals surface area (Å²) in [5, 5.41) is 11.9. The van der Waals surface area contributed by atoms with Crippen molar-refractivity contribution in [1.29, 1.82) is 0 Å². The van der Waals surface area contributed by atoms with Crippen LogP contribution in [0.5, 0.6) is 0 Å². The molecule has 2 aromatic heterocycles. The van der Waals surface area contributed by atoms with Gasteiger partial charge in [-0.15, -0.1) is 0 Å². The van der Waals surface area contributed by atoms with E-state index in [1.807, 2.05) is 37.3 Å². The lowest BCUT2D eigenvalue weighted by molar-refractivity contribution is 0.0840. The van der Waals surface area contributed by atoms with Crippen molar-refractivity contribution < 1.29 is 9.59 Å². The van der Waals surface area contributed by atoms with Gasteiger partial charge in [-0.3, -0.25) is 30.3 Å². The number of halogens is 1. The van der Waals surface area contributed by atoms with Crippen molar-refractivity contribution >= 4 is 38.5 Å². The first-order chi connectivity index (χ1) is 15.5. The highest BCUT2D eigenvalue weighted by Gasteiger charge is 2.21. The largest absolute Gasteiger partial charge is 0.290 e. The van der Waals surface area contributed by atoms with E-state index in [9.17, 15) is 14.4 Å². The Morgan fingerprint density at radius 3 is 2.38 bits per heavy atom. The average Bonchev–Trinajstić information content (AvgIpc) is 3.21. The number of hydrogen-bond acceptors (Lipinski definition) is 5. The molecule has 0 aliphatic heterocycles. The van der Waals surface area contributed by atoms with Gasteiger partial charge in [0.25, 0.3) is 17.4 Å². The number of rotatable bonds is 5. The van der Waals surface area contributed by atoms with Gasteiger partial charge in [0.05, 0.1) is 9.86 Å². The lowest BCUT2D eigenvalue weighted by Crippen LogP contribution is -2.43. The van der Waals surface area contributed by atoms with Crippen LogP contribution in [0.25, 0.3) is 22.0 Å². The summed E-state index contributed by atoms with van der Waals surface area (Å²) < 4.78 is 1.73. The number of aromatic amines is 1. The minimum absolute atomic E-state index is 0.0441. The van der Waals surface area contributed by atoms with Crippen molar-refractivity contribution in [3.8, 4) is 11.3 Å². The van der Waals surface area contributed by atoms with Gasteiger partial charge in [0, 0.05) is 17.5 Å². The molecule has 0 spiro atoms. The molecule has 0 aliphatic rings. The molecule has 9 nitrogen and oxygen atoms in total. The Kier molecular flexibility index (Phi) is 6.13. The Hall–Kier alpha value is -3.79. The van der Waals surface area contributed by atoms with Crippen molar-refractivity contribution in [2.24, 2.45) is 0 Å². The summed E-state index contributed by atoms with van der Waals surface area (Å²) in [5.41, 5.74) is 6.06. The van der Waals surface area contributed by atoms with Crippen LogP contribution < -0.4 is 16.4 Å². The molecule has 2 aromatic carbocycles. The summed E-state index contributed by atoms with van der Waals surface area (Å²) >= 11 is 3.39. The summed E-state index contributed by atoms with van der Waals surface area (Å²) in [6.07, 6.45) is 0.681. The summed E-state index contributed by atoms with van der Waals surface area (Å²) in [6, 6.07) is 16.1. The van der Waals surface area contributed by atoms with Crippen LogP contribution in [0.2, 0.25) is 0 Å². The summed E-state index contributed by atoms with van der Waals surface area (Å²) in [4.78, 5) is 38.0. The fourth-order valence-electron chi connectivity index (χ4n) is 3.27. The molecule has 32 heavy (non-hydrogen) atoms. The van der Waals surface area contributed by atoms with E-state index in [1.165, 1.54) is 4.68 Å². The molecule has 4 rings (SSSR count). The van der Waals surface area contributed by atoms with Crippen LogP contribution in [-0.4, -0.2) is 31.8 Å². The minimum atomic E-state index is -0.640. The van der Waals surface area contributed by atoms with E-state index in [2.05, 4.69) is 42.1 Å². The molecule has 0 saturated heterocycles. The molecule has 0 unspecified atom stereocenters. The lowest BCUT2D eigenvalue weighted by atomic mass is 10.1. The molecule has 162 valence electrons. The standard InChI is InChI=1S/C22H19BrN6O3/c1-2-12-29-22(32)15-11-7-6-10-14(15)18(28-29)20(30)26-27-21(31)19-16(23)17(24-25-19)13-8-4-3-5-9-13/h3-11H,2,12H2,1H3,(H,24,25)(H,26,30)(H,27,31). The van der Waals surface area contributed by atoms with Gasteiger partial charge >= 0.3 is 0 Å². The highest BCUT2D eigenvalue weighted by molar-refractivity contribution is 9.10. The van der Waals surface area contributed by atoms with Gasteiger partial charge in [0.15, 0.2) is 5.69 Å². The topological polar surface area (TPSA) is 122 Å². The van der Waals surface area contributed by atoms with Gasteiger partial charge in [-0.05, 0) is 28.4 Å². The maximum atomic E-state index is 12.8. The third-order valence-electron chi connectivity index (χ3n) is 4.79. The predicted molar refractivity (Wildman–Crippen MR) is 123 cm³/mol. The summed E-state index contributed by atoms with van der Waals surface area (Å²) in [7, 11) is 0. The van der Waals surface area contributed by atoms with Gasteiger partial charge in [0.2, 0.25) is 0 Å². The van der Waals surface area contributed by atoms with Crippen molar-refractivity contribution in [3.05, 3.63) is 80.8 Å². The molecular formula is C22H19BrN6O3. The zero-order valence-electron chi connectivity index (χ0n) is 17.1. The third kappa shape index (κ3) is 4.04. The van der Waals surface area contributed by atoms with Gasteiger partial charge < -0.3 is 0 Å². The van der Waals surface area contributed by atoms with Crippen LogP contribution in [0, 0.1) is 0 Å². The van der Waals surface area contributed by atoms with Crippen molar-refractivity contribution in [2.75, 3.05) is 0 Å². The fourth-order valence-corrected chi connectivity index (χ4v) is 3.85. The smallest absolute Gasteiger partial charge is 0.271 e. The molecule has 4 aromatic rings. The SMILES string of the molecule is CCCn1nc(C(=O)NNC(=O)c2[nH]nc(-c3ccccc3)c2Br)c2ccccc2c1=O. The van der Waals surface area contributed by atoms with Crippen molar-refractivity contribution in [3.63, 3.8) is 0 Å². The first-order valence-electron chi connectivity index (χ1n) is 9.91. The number of H-pyrrole nitrogens is 1. The number of aromatic nitrogens is 4. The van der Waals surface area contributed by atoms with Crippen LogP contribution in [-0.2, 0) is 6.54 Å². The quantitative estimate of drug-likeness (QED) is 0.368. The van der Waals surface area contributed by atoms with E-state index in [0.29, 0.717) is 33.9 Å². The Morgan fingerprint density at radius 1 is 1.00 bits per heavy atom. The van der Waals surface area contributed by atoms with Gasteiger partial charge in [-0.2, -0.15) is 10.2 Å². The minimum Gasteiger partial charge on any atom is -0.271 e. The van der Waals surface area contributed by atoms with Crippen LogP contribution in [0.1, 0.15) is 34.3 Å². The Balaban J connectivity index is 1.57. The second kappa shape index (κ2) is 9.15. The van der Waals surface area contributed by atoms with Crippen molar-refractivity contribution in [2.45, 2.75) is 19.9 Å². The second-order valence-corrected chi connectivity index (χ2v) is 7.75. The molecule has 0 aliphatic carbocycles. The Labute approximate surface area is 190 Å². The predicted octanol–water partition coefficient (Wildman–Crippen LogP) is 3.03. The molecule has 3 N–H and O–H groups in total. The summed E-state index contributed by atoms with van der Waals surface area (Å²) in [6.45, 7) is 2.29. The number of nitrogens with zero attached hydrogens (tertiary/aromatic N) is 3. The van der Waals surface area contributed by atoms with Crippen molar-refractivity contribution in [1.82, 2.24) is 30.8 Å². The molecule has 0 bridgehead atoms. The monoisotopic (exact) mass is 494 g/mol. The molecule has 0 atom stereocenters. The molecule has 0 radical (unpaired) electrons. The molecular weight excluding hydrogens is 476 g/mol. The number of fused-ring (bicyclic) bond motifs is 1. The number of aryl methyl sites for hydroxylation is 1. The average molecular weight is 495 g/mol. The fraction of sp³-hybridized carbons (Fsp3) is 0.136. The van der Waals surface area contributed by atoms with E-state index in [-0.39, 0.29) is 16.9 Å².